The first-order chi connectivity index (χ1) is 7.38. The minimum absolute atomic E-state index is 0.0809. The van der Waals surface area contributed by atoms with Crippen LogP contribution in [0.25, 0.3) is 0 Å². The first-order valence-electron chi connectivity index (χ1n) is 4.83. The smallest absolute Gasteiger partial charge is 0.244 e. The van der Waals surface area contributed by atoms with E-state index < -0.39 is 5.54 Å². The second kappa shape index (κ2) is 5.29. The van der Waals surface area contributed by atoms with Crippen molar-refractivity contribution < 1.29 is 4.79 Å². The molecule has 3 nitrogen and oxygen atoms in total. The lowest BCUT2D eigenvalue weighted by atomic mass is 10.1. The van der Waals surface area contributed by atoms with Crippen molar-refractivity contribution in [3.63, 3.8) is 0 Å². The molecule has 1 amide bonds. The summed E-state index contributed by atoms with van der Waals surface area (Å²) in [5.41, 5.74) is 0.144. The lowest BCUT2D eigenvalue weighted by Crippen LogP contribution is -2.48. The van der Waals surface area contributed by atoms with Gasteiger partial charge >= 0.3 is 0 Å². The molecule has 0 aliphatic carbocycles. The third-order valence-corrected chi connectivity index (χ3v) is 3.72. The fourth-order valence-corrected chi connectivity index (χ4v) is 2.20. The van der Waals surface area contributed by atoms with E-state index in [9.17, 15) is 4.79 Å². The van der Waals surface area contributed by atoms with Crippen LogP contribution >= 0.6 is 31.9 Å². The molecule has 1 aromatic rings. The summed E-state index contributed by atoms with van der Waals surface area (Å²) in [6.07, 6.45) is 0. The van der Waals surface area contributed by atoms with E-state index in [2.05, 4.69) is 42.5 Å². The van der Waals surface area contributed by atoms with Gasteiger partial charge in [0.25, 0.3) is 0 Å². The average Bonchev–Trinajstić information content (AvgIpc) is 2.23. The highest BCUT2D eigenvalue weighted by atomic mass is 79.9. The lowest BCUT2D eigenvalue weighted by Gasteiger charge is -2.23. The summed E-state index contributed by atoms with van der Waals surface area (Å²) < 4.78 is 1.70. The van der Waals surface area contributed by atoms with E-state index in [-0.39, 0.29) is 5.91 Å². The maximum absolute atomic E-state index is 12.0. The summed E-state index contributed by atoms with van der Waals surface area (Å²) in [5, 5.41) is 5.83. The van der Waals surface area contributed by atoms with E-state index in [0.29, 0.717) is 0 Å². The van der Waals surface area contributed by atoms with E-state index >= 15 is 0 Å². The quantitative estimate of drug-likeness (QED) is 0.880. The first-order valence-corrected chi connectivity index (χ1v) is 6.41. The Morgan fingerprint density at radius 3 is 2.19 bits per heavy atom. The average molecular weight is 350 g/mol. The maximum atomic E-state index is 12.0. The van der Waals surface area contributed by atoms with Crippen molar-refractivity contribution in [2.75, 3.05) is 12.4 Å². The number of likely N-dealkylation sites (N-methyl/N-ethyl adjacent to an activating group) is 1. The minimum Gasteiger partial charge on any atom is -0.323 e. The number of carbonyl (C=O) groups excluding carboxylic acids is 1. The van der Waals surface area contributed by atoms with Crippen LogP contribution in [-0.2, 0) is 4.79 Å². The molecule has 0 unspecified atom stereocenters. The molecule has 0 heterocycles. The summed E-state index contributed by atoms with van der Waals surface area (Å²) in [6, 6.07) is 5.66. The Kier molecular flexibility index (Phi) is 4.52. The van der Waals surface area contributed by atoms with Crippen molar-refractivity contribution in [2.45, 2.75) is 19.4 Å². The van der Waals surface area contributed by atoms with Crippen LogP contribution in [0.4, 0.5) is 5.69 Å². The molecule has 0 aliphatic rings. The van der Waals surface area contributed by atoms with Crippen LogP contribution in [0.15, 0.2) is 27.1 Å². The van der Waals surface area contributed by atoms with Gasteiger partial charge in [-0.1, -0.05) is 6.07 Å². The second-order valence-corrected chi connectivity index (χ2v) is 5.63. The van der Waals surface area contributed by atoms with Crippen LogP contribution in [0.1, 0.15) is 13.8 Å². The van der Waals surface area contributed by atoms with Crippen LogP contribution < -0.4 is 10.6 Å². The Labute approximate surface area is 112 Å². The highest BCUT2D eigenvalue weighted by Gasteiger charge is 2.26. The van der Waals surface area contributed by atoms with Gasteiger partial charge in [0.15, 0.2) is 0 Å². The molecule has 0 aromatic heterocycles. The van der Waals surface area contributed by atoms with E-state index in [0.717, 1.165) is 14.6 Å². The molecule has 0 atom stereocenters. The van der Waals surface area contributed by atoms with Crippen molar-refractivity contribution in [3.05, 3.63) is 27.1 Å². The number of nitrogens with one attached hydrogen (secondary N) is 2. The number of benzene rings is 1. The molecule has 0 saturated carbocycles. The Bertz CT molecular complexity index is 385. The van der Waals surface area contributed by atoms with Gasteiger partial charge in [0.1, 0.15) is 0 Å². The molecule has 88 valence electrons. The third kappa shape index (κ3) is 3.06. The summed E-state index contributed by atoms with van der Waals surface area (Å²) in [6.45, 7) is 3.65. The Morgan fingerprint density at radius 1 is 1.25 bits per heavy atom. The van der Waals surface area contributed by atoms with Crippen molar-refractivity contribution in [1.82, 2.24) is 5.32 Å². The number of rotatable bonds is 3. The van der Waals surface area contributed by atoms with Crippen LogP contribution in [-0.4, -0.2) is 18.5 Å². The monoisotopic (exact) mass is 348 g/mol. The zero-order valence-corrected chi connectivity index (χ0v) is 12.6. The van der Waals surface area contributed by atoms with E-state index in [4.69, 9.17) is 0 Å². The number of hydrogen-bond acceptors (Lipinski definition) is 2. The van der Waals surface area contributed by atoms with Gasteiger partial charge in [-0.2, -0.15) is 0 Å². The molecule has 1 rings (SSSR count). The zero-order valence-electron chi connectivity index (χ0n) is 9.40. The van der Waals surface area contributed by atoms with Crippen LogP contribution in [0.5, 0.6) is 0 Å². The Balaban J connectivity index is 2.94. The summed E-state index contributed by atoms with van der Waals surface area (Å²) in [7, 11) is 1.76. The molecule has 2 N–H and O–H groups in total. The van der Waals surface area contributed by atoms with Gasteiger partial charge in [-0.3, -0.25) is 4.79 Å². The molecule has 5 heteroatoms. The number of hydrogen-bond donors (Lipinski definition) is 2. The summed E-state index contributed by atoms with van der Waals surface area (Å²) in [4.78, 5) is 12.0. The first kappa shape index (κ1) is 13.7. The SMILES string of the molecule is CNC(C)(C)C(=O)Nc1c(Br)cccc1Br. The number of halogens is 2. The molecule has 16 heavy (non-hydrogen) atoms. The predicted molar refractivity (Wildman–Crippen MR) is 73.6 cm³/mol. The van der Waals surface area contributed by atoms with Crippen LogP contribution in [0, 0.1) is 0 Å². The van der Waals surface area contributed by atoms with Crippen LogP contribution in [0.3, 0.4) is 0 Å². The van der Waals surface area contributed by atoms with Crippen molar-refractivity contribution in [2.24, 2.45) is 0 Å². The highest BCUT2D eigenvalue weighted by molar-refractivity contribution is 9.11. The van der Waals surface area contributed by atoms with Gasteiger partial charge < -0.3 is 10.6 Å². The van der Waals surface area contributed by atoms with Gasteiger partial charge in [-0.15, -0.1) is 0 Å². The predicted octanol–water partition coefficient (Wildman–Crippen LogP) is 3.15. The lowest BCUT2D eigenvalue weighted by molar-refractivity contribution is -0.121. The molecular weight excluding hydrogens is 336 g/mol. The van der Waals surface area contributed by atoms with Crippen molar-refractivity contribution in [3.8, 4) is 0 Å². The molecule has 0 aliphatic heterocycles. The molecular formula is C11H14Br2N2O. The summed E-state index contributed by atoms with van der Waals surface area (Å²) in [5.74, 6) is -0.0809. The molecule has 0 fully saturated rings. The molecule has 0 bridgehead atoms. The third-order valence-electron chi connectivity index (χ3n) is 2.39. The number of anilines is 1. The normalized spacial score (nSPS) is 11.3. The largest absolute Gasteiger partial charge is 0.323 e. The highest BCUT2D eigenvalue weighted by Crippen LogP contribution is 2.30. The number of amides is 1. The van der Waals surface area contributed by atoms with Crippen LogP contribution in [0.2, 0.25) is 0 Å². The van der Waals surface area contributed by atoms with Gasteiger partial charge in [0, 0.05) is 8.95 Å². The maximum Gasteiger partial charge on any atom is 0.244 e. The van der Waals surface area contributed by atoms with Gasteiger partial charge in [0.2, 0.25) is 5.91 Å². The van der Waals surface area contributed by atoms with Gasteiger partial charge in [-0.05, 0) is 64.9 Å². The van der Waals surface area contributed by atoms with E-state index in [1.54, 1.807) is 7.05 Å². The Hall–Kier alpha value is -0.390. The minimum atomic E-state index is -0.602. The topological polar surface area (TPSA) is 41.1 Å². The fourth-order valence-electron chi connectivity index (χ4n) is 1.00. The van der Waals surface area contributed by atoms with Crippen molar-refractivity contribution in [1.29, 1.82) is 0 Å². The van der Waals surface area contributed by atoms with Gasteiger partial charge in [0.05, 0.1) is 11.2 Å². The number of para-hydroxylation sites is 1. The van der Waals surface area contributed by atoms with Crippen molar-refractivity contribution >= 4 is 43.5 Å². The van der Waals surface area contributed by atoms with E-state index in [1.165, 1.54) is 0 Å². The fraction of sp³-hybridized carbons (Fsp3) is 0.364. The standard InChI is InChI=1S/C11H14Br2N2O/c1-11(2,14-3)10(16)15-9-7(12)5-4-6-8(9)13/h4-6,14H,1-3H3,(H,15,16). The molecule has 0 saturated heterocycles. The molecule has 1 aromatic carbocycles. The molecule has 0 radical (unpaired) electrons. The Morgan fingerprint density at radius 2 is 1.75 bits per heavy atom. The zero-order chi connectivity index (χ0) is 12.3. The summed E-state index contributed by atoms with van der Waals surface area (Å²) >= 11 is 6.80. The number of carbonyl (C=O) groups is 1. The second-order valence-electron chi connectivity index (χ2n) is 3.93. The molecule has 0 spiro atoms. The van der Waals surface area contributed by atoms with Gasteiger partial charge in [-0.25, -0.2) is 0 Å². The van der Waals surface area contributed by atoms with E-state index in [1.807, 2.05) is 32.0 Å².